The predicted octanol–water partition coefficient (Wildman–Crippen LogP) is 3.75. The van der Waals surface area contributed by atoms with E-state index in [1.54, 1.807) is 37.3 Å². The second-order valence-electron chi connectivity index (χ2n) is 8.90. The molecule has 3 aromatic rings. The molecular formula is C26H30FN3O6. The number of aliphatic carboxylic acids is 1. The van der Waals surface area contributed by atoms with Gasteiger partial charge in [-0.3, -0.25) is 9.59 Å². The Morgan fingerprint density at radius 2 is 1.83 bits per heavy atom. The fourth-order valence-corrected chi connectivity index (χ4v) is 3.36. The summed E-state index contributed by atoms with van der Waals surface area (Å²) in [6.45, 7) is 5.14. The van der Waals surface area contributed by atoms with Crippen molar-refractivity contribution in [1.29, 1.82) is 0 Å². The van der Waals surface area contributed by atoms with E-state index in [2.05, 4.69) is 10.4 Å². The minimum atomic E-state index is -1.19. The molecule has 1 unspecified atom stereocenters. The number of halogens is 1. The number of carbonyl (C=O) groups excluding carboxylic acids is 1. The Morgan fingerprint density at radius 1 is 1.17 bits per heavy atom. The number of nitrogens with zero attached hydrogens (tertiary/aromatic N) is 2. The third kappa shape index (κ3) is 6.19. The van der Waals surface area contributed by atoms with Gasteiger partial charge in [-0.2, -0.15) is 9.78 Å². The smallest absolute Gasteiger partial charge is 0.305 e. The van der Waals surface area contributed by atoms with Crippen molar-refractivity contribution in [3.8, 4) is 17.3 Å². The lowest BCUT2D eigenvalue weighted by Gasteiger charge is -2.27. The molecule has 9 nitrogen and oxygen atoms in total. The van der Waals surface area contributed by atoms with E-state index in [4.69, 9.17) is 9.47 Å². The molecular weight excluding hydrogens is 469 g/mol. The van der Waals surface area contributed by atoms with Crippen LogP contribution < -0.4 is 14.8 Å². The first-order valence-electron chi connectivity index (χ1n) is 11.4. The van der Waals surface area contributed by atoms with Gasteiger partial charge in [0.15, 0.2) is 5.69 Å². The van der Waals surface area contributed by atoms with E-state index in [0.29, 0.717) is 11.3 Å². The number of carbonyl (C=O) groups is 2. The fourth-order valence-electron chi connectivity index (χ4n) is 3.36. The maximum Gasteiger partial charge on any atom is 0.305 e. The lowest BCUT2D eigenvalue weighted by atomic mass is 9.94. The summed E-state index contributed by atoms with van der Waals surface area (Å²) < 4.78 is 26.8. The maximum atomic E-state index is 14.6. The van der Waals surface area contributed by atoms with Crippen molar-refractivity contribution >= 4 is 11.9 Å². The molecule has 10 heteroatoms. The van der Waals surface area contributed by atoms with Crippen LogP contribution in [0.1, 0.15) is 49.3 Å². The Labute approximate surface area is 208 Å². The average Bonchev–Trinajstić information content (AvgIpc) is 3.26. The molecule has 0 saturated heterocycles. The van der Waals surface area contributed by atoms with Gasteiger partial charge in [-0.15, -0.1) is 0 Å². The summed E-state index contributed by atoms with van der Waals surface area (Å²) in [6, 6.07) is 13.0. The van der Waals surface area contributed by atoms with E-state index in [-0.39, 0.29) is 29.8 Å². The van der Waals surface area contributed by atoms with Gasteiger partial charge in [-0.25, -0.2) is 4.39 Å². The van der Waals surface area contributed by atoms with Crippen molar-refractivity contribution in [2.45, 2.75) is 38.8 Å². The average molecular weight is 500 g/mol. The molecule has 36 heavy (non-hydrogen) atoms. The second kappa shape index (κ2) is 11.2. The van der Waals surface area contributed by atoms with Gasteiger partial charge in [-0.1, -0.05) is 44.2 Å². The molecule has 0 aliphatic carbocycles. The molecule has 0 aliphatic rings. The molecule has 0 aliphatic heterocycles. The number of carboxylic acid groups (broad SMARTS) is 1. The van der Waals surface area contributed by atoms with Crippen molar-refractivity contribution in [2.24, 2.45) is 5.92 Å². The van der Waals surface area contributed by atoms with Crippen LogP contribution in [0.4, 0.5) is 4.39 Å². The Balaban J connectivity index is 1.97. The minimum absolute atomic E-state index is 0.0400. The summed E-state index contributed by atoms with van der Waals surface area (Å²) in [5, 5.41) is 26.9. The Hall–Kier alpha value is -3.92. The Morgan fingerprint density at radius 3 is 2.47 bits per heavy atom. The van der Waals surface area contributed by atoms with Crippen molar-refractivity contribution in [2.75, 3.05) is 13.7 Å². The normalized spacial score (nSPS) is 13.6. The molecule has 2 atom stereocenters. The molecule has 3 N–H and O–H groups in total. The number of rotatable bonds is 11. The van der Waals surface area contributed by atoms with Crippen LogP contribution in [0.5, 0.6) is 11.6 Å². The highest BCUT2D eigenvalue weighted by molar-refractivity contribution is 5.93. The third-order valence-corrected chi connectivity index (χ3v) is 5.94. The number of aromatic nitrogens is 2. The summed E-state index contributed by atoms with van der Waals surface area (Å²) >= 11 is 0. The van der Waals surface area contributed by atoms with E-state index in [9.17, 15) is 24.2 Å². The topological polar surface area (TPSA) is 123 Å². The zero-order valence-electron chi connectivity index (χ0n) is 20.6. The highest BCUT2D eigenvalue weighted by atomic mass is 19.1. The molecule has 0 bridgehead atoms. The number of methoxy groups -OCH3 is 1. The van der Waals surface area contributed by atoms with Gasteiger partial charge >= 0.3 is 5.97 Å². The van der Waals surface area contributed by atoms with Gasteiger partial charge in [0.1, 0.15) is 23.9 Å². The molecule has 2 aromatic carbocycles. The van der Waals surface area contributed by atoms with E-state index < -0.39 is 35.8 Å². The zero-order chi connectivity index (χ0) is 26.5. The summed E-state index contributed by atoms with van der Waals surface area (Å²) in [4.78, 5) is 24.7. The Kier molecular flexibility index (Phi) is 8.31. The minimum Gasteiger partial charge on any atom is -0.496 e. The summed E-state index contributed by atoms with van der Waals surface area (Å²) in [6.07, 6.45) is -0.402. The van der Waals surface area contributed by atoms with E-state index in [1.807, 2.05) is 13.8 Å². The highest BCUT2D eigenvalue weighted by Crippen LogP contribution is 2.29. The van der Waals surface area contributed by atoms with Gasteiger partial charge in [-0.05, 0) is 31.0 Å². The largest absolute Gasteiger partial charge is 0.496 e. The molecule has 192 valence electrons. The van der Waals surface area contributed by atoms with Gasteiger partial charge in [0.05, 0.1) is 25.2 Å². The van der Waals surface area contributed by atoms with Gasteiger partial charge in [0, 0.05) is 11.6 Å². The van der Waals surface area contributed by atoms with E-state index in [0.717, 1.165) is 4.68 Å². The zero-order valence-corrected chi connectivity index (χ0v) is 20.6. The van der Waals surface area contributed by atoms with Crippen LogP contribution in [-0.2, 0) is 4.79 Å². The van der Waals surface area contributed by atoms with Crippen LogP contribution in [-0.4, -0.2) is 51.2 Å². The fraction of sp³-hybridized carbons (Fsp3) is 0.346. The van der Waals surface area contributed by atoms with Crippen LogP contribution in [0.3, 0.4) is 0 Å². The second-order valence-corrected chi connectivity index (χ2v) is 8.90. The number of nitrogens with one attached hydrogen (secondary N) is 1. The lowest BCUT2D eigenvalue weighted by molar-refractivity contribution is -0.137. The summed E-state index contributed by atoms with van der Waals surface area (Å²) in [7, 11) is 1.45. The number of hydrogen-bond donors (Lipinski definition) is 3. The highest BCUT2D eigenvalue weighted by Gasteiger charge is 2.28. The first-order chi connectivity index (χ1) is 17.0. The van der Waals surface area contributed by atoms with Crippen LogP contribution >= 0.6 is 0 Å². The molecule has 1 heterocycles. The van der Waals surface area contributed by atoms with Crippen molar-refractivity contribution < 1.29 is 33.7 Å². The molecule has 0 saturated carbocycles. The van der Waals surface area contributed by atoms with Crippen molar-refractivity contribution in [3.63, 3.8) is 0 Å². The molecule has 0 spiro atoms. The quantitative estimate of drug-likeness (QED) is 0.367. The van der Waals surface area contributed by atoms with E-state index >= 15 is 0 Å². The Bertz CT molecular complexity index is 1220. The number of para-hydroxylation sites is 2. The monoisotopic (exact) mass is 499 g/mol. The third-order valence-electron chi connectivity index (χ3n) is 5.94. The van der Waals surface area contributed by atoms with Crippen LogP contribution in [0, 0.1) is 11.7 Å². The number of carboxylic acids is 1. The molecule has 3 rings (SSSR count). The van der Waals surface area contributed by atoms with Crippen LogP contribution in [0.15, 0.2) is 54.6 Å². The first-order valence-corrected chi connectivity index (χ1v) is 11.4. The number of aliphatic hydroxyl groups is 1. The van der Waals surface area contributed by atoms with E-state index in [1.165, 1.54) is 31.4 Å². The first kappa shape index (κ1) is 26.7. The summed E-state index contributed by atoms with van der Waals surface area (Å²) in [5.74, 6) is -2.08. The van der Waals surface area contributed by atoms with Crippen molar-refractivity contribution in [3.05, 3.63) is 71.7 Å². The van der Waals surface area contributed by atoms with Gasteiger partial charge in [0.25, 0.3) is 5.91 Å². The number of hydrogen-bond acceptors (Lipinski definition) is 6. The van der Waals surface area contributed by atoms with Crippen LogP contribution in [0.25, 0.3) is 5.69 Å². The molecule has 1 amide bonds. The van der Waals surface area contributed by atoms with Crippen molar-refractivity contribution in [1.82, 2.24) is 15.1 Å². The predicted molar refractivity (Wildman–Crippen MR) is 130 cm³/mol. The van der Waals surface area contributed by atoms with Gasteiger partial charge < -0.3 is 25.0 Å². The SMILES string of the molecule is COc1ccccc1[C@H](CC(=O)O)NC(=O)c1cc(OCC(C)(O)C(C)C)n(-c2ccccc2F)n1. The molecule has 1 aromatic heterocycles. The number of amides is 1. The summed E-state index contributed by atoms with van der Waals surface area (Å²) in [5.41, 5.74) is -0.789. The maximum absolute atomic E-state index is 14.6. The lowest BCUT2D eigenvalue weighted by Crippen LogP contribution is -2.38. The number of benzene rings is 2. The molecule has 0 fully saturated rings. The van der Waals surface area contributed by atoms with Crippen LogP contribution in [0.2, 0.25) is 0 Å². The standard InChI is InChI=1S/C26H30FN3O6/c1-16(2)26(3,34)15-36-23-13-20(29-30(23)21-11-7-6-10-18(21)27)25(33)28-19(14-24(31)32)17-9-5-8-12-22(17)35-4/h5-13,16,19,34H,14-15H2,1-4H3,(H,28,33)(H,31,32)/t19-,26?/m0/s1. The molecule has 0 radical (unpaired) electrons. The van der Waals surface area contributed by atoms with Gasteiger partial charge in [0.2, 0.25) is 5.88 Å². The number of ether oxygens (including phenoxy) is 2.